The lowest BCUT2D eigenvalue weighted by molar-refractivity contribution is 0.381. The Labute approximate surface area is 88.9 Å². The van der Waals surface area contributed by atoms with Gasteiger partial charge in [-0.25, -0.2) is 0 Å². The van der Waals surface area contributed by atoms with E-state index in [9.17, 15) is 0 Å². The summed E-state index contributed by atoms with van der Waals surface area (Å²) in [6, 6.07) is 0. The zero-order valence-corrected chi connectivity index (χ0v) is 9.07. The van der Waals surface area contributed by atoms with E-state index >= 15 is 0 Å². The highest BCUT2D eigenvalue weighted by molar-refractivity contribution is 7.79. The molecule has 0 amide bonds. The van der Waals surface area contributed by atoms with Crippen molar-refractivity contribution >= 4 is 10.4 Å². The van der Waals surface area contributed by atoms with E-state index < -0.39 is 10.4 Å². The van der Waals surface area contributed by atoms with E-state index in [1.807, 2.05) is 0 Å². The standard InChI is InChI=1S/C4H10N2.2H4N2.H2O4S/c1-2-6-4-3-5-1;2*1-2;1-5(2,3)4/h5-6H,1-4H2;2*1-2H2;(H2,1,2,3,4). The summed E-state index contributed by atoms with van der Waals surface area (Å²) in [6.45, 7) is 4.56. The molecule has 0 bridgehead atoms. The molecule has 0 aromatic carbocycles. The van der Waals surface area contributed by atoms with Gasteiger partial charge in [0.25, 0.3) is 0 Å². The number of nitrogens with one attached hydrogen (secondary N) is 2. The lowest BCUT2D eigenvalue weighted by Gasteiger charge is -2.11. The molecule has 1 heterocycles. The Hall–Kier alpha value is -0.370. The molecule has 15 heavy (non-hydrogen) atoms. The quantitative estimate of drug-likeness (QED) is 0.119. The van der Waals surface area contributed by atoms with Crippen LogP contribution in [-0.2, 0) is 10.4 Å². The van der Waals surface area contributed by atoms with E-state index in [0.29, 0.717) is 0 Å². The van der Waals surface area contributed by atoms with E-state index in [-0.39, 0.29) is 0 Å². The molecule has 0 aliphatic carbocycles. The van der Waals surface area contributed by atoms with Gasteiger partial charge in [0.1, 0.15) is 0 Å². The van der Waals surface area contributed by atoms with E-state index in [2.05, 4.69) is 34.0 Å². The molecule has 0 aromatic heterocycles. The Bertz CT molecular complexity index is 162. The Kier molecular flexibility index (Phi) is 21.5. The number of hydrogen-bond acceptors (Lipinski definition) is 8. The molecule has 1 fully saturated rings. The maximum atomic E-state index is 8.74. The molecular formula is C4H20N6O4S. The molecule has 12 N–H and O–H groups in total. The van der Waals surface area contributed by atoms with E-state index in [0.717, 1.165) is 26.2 Å². The summed E-state index contributed by atoms with van der Waals surface area (Å²) in [5.41, 5.74) is 0. The molecule has 1 saturated heterocycles. The summed E-state index contributed by atoms with van der Waals surface area (Å²) in [4.78, 5) is 0. The fourth-order valence-corrected chi connectivity index (χ4v) is 0.604. The first-order valence-electron chi connectivity index (χ1n) is 3.78. The molecule has 1 aliphatic heterocycles. The van der Waals surface area contributed by atoms with E-state index in [1.54, 1.807) is 0 Å². The fraction of sp³-hybridized carbons (Fsp3) is 1.00. The normalized spacial score (nSPS) is 14.3. The third-order valence-corrected chi connectivity index (χ3v) is 0.957. The summed E-state index contributed by atoms with van der Waals surface area (Å²) in [7, 11) is -4.67. The zero-order chi connectivity index (χ0) is 12.7. The average molecular weight is 248 g/mol. The number of hydrogen-bond donors (Lipinski definition) is 8. The van der Waals surface area contributed by atoms with Gasteiger partial charge in [0.15, 0.2) is 0 Å². The van der Waals surface area contributed by atoms with Gasteiger partial charge in [-0.3, -0.25) is 32.5 Å². The van der Waals surface area contributed by atoms with Crippen LogP contribution in [0.1, 0.15) is 0 Å². The van der Waals surface area contributed by atoms with Crippen molar-refractivity contribution < 1.29 is 17.5 Å². The maximum absolute atomic E-state index is 8.74. The van der Waals surface area contributed by atoms with Crippen LogP contribution in [0.2, 0.25) is 0 Å². The number of hydrazine groups is 2. The van der Waals surface area contributed by atoms with Gasteiger partial charge >= 0.3 is 10.4 Å². The van der Waals surface area contributed by atoms with Crippen molar-refractivity contribution in [1.82, 2.24) is 10.6 Å². The van der Waals surface area contributed by atoms with Crippen molar-refractivity contribution in [3.63, 3.8) is 0 Å². The van der Waals surface area contributed by atoms with Crippen LogP contribution >= 0.6 is 0 Å². The predicted molar refractivity (Wildman–Crippen MR) is 56.7 cm³/mol. The minimum atomic E-state index is -4.67. The van der Waals surface area contributed by atoms with Crippen molar-refractivity contribution in [2.45, 2.75) is 0 Å². The predicted octanol–water partition coefficient (Wildman–Crippen LogP) is -3.84. The van der Waals surface area contributed by atoms with Crippen molar-refractivity contribution in [3.8, 4) is 0 Å². The van der Waals surface area contributed by atoms with Crippen molar-refractivity contribution in [2.75, 3.05) is 26.2 Å². The molecule has 0 unspecified atom stereocenters. The SMILES string of the molecule is C1CNCCN1.NN.NN.O=S(=O)(O)O. The summed E-state index contributed by atoms with van der Waals surface area (Å²) >= 11 is 0. The van der Waals surface area contributed by atoms with Crippen molar-refractivity contribution in [3.05, 3.63) is 0 Å². The summed E-state index contributed by atoms with van der Waals surface area (Å²) in [5.74, 6) is 16.0. The van der Waals surface area contributed by atoms with E-state index in [1.165, 1.54) is 0 Å². The molecule has 0 radical (unpaired) electrons. The summed E-state index contributed by atoms with van der Waals surface area (Å²) < 4.78 is 31.6. The lowest BCUT2D eigenvalue weighted by atomic mass is 10.4. The van der Waals surface area contributed by atoms with Gasteiger partial charge in [0, 0.05) is 26.2 Å². The minimum Gasteiger partial charge on any atom is -0.314 e. The largest absolute Gasteiger partial charge is 0.394 e. The van der Waals surface area contributed by atoms with Crippen LogP contribution in [0.15, 0.2) is 0 Å². The summed E-state index contributed by atoms with van der Waals surface area (Å²) in [6.07, 6.45) is 0. The van der Waals surface area contributed by atoms with Gasteiger partial charge in [-0.15, -0.1) is 0 Å². The van der Waals surface area contributed by atoms with Crippen LogP contribution < -0.4 is 34.0 Å². The van der Waals surface area contributed by atoms with Crippen LogP contribution in [0.3, 0.4) is 0 Å². The number of rotatable bonds is 0. The smallest absolute Gasteiger partial charge is 0.314 e. The molecule has 1 rings (SSSR count). The van der Waals surface area contributed by atoms with Crippen LogP contribution in [0.4, 0.5) is 0 Å². The van der Waals surface area contributed by atoms with Gasteiger partial charge in [0.05, 0.1) is 0 Å². The highest BCUT2D eigenvalue weighted by Gasteiger charge is 1.91. The van der Waals surface area contributed by atoms with Crippen LogP contribution in [-0.4, -0.2) is 43.7 Å². The number of piperazine rings is 1. The van der Waals surface area contributed by atoms with Gasteiger partial charge < -0.3 is 10.6 Å². The monoisotopic (exact) mass is 248 g/mol. The second kappa shape index (κ2) is 16.1. The molecule has 1 aliphatic rings. The second-order valence-electron chi connectivity index (χ2n) is 1.95. The van der Waals surface area contributed by atoms with E-state index in [4.69, 9.17) is 17.5 Å². The molecule has 0 spiro atoms. The Morgan fingerprint density at radius 2 is 0.933 bits per heavy atom. The maximum Gasteiger partial charge on any atom is 0.394 e. The third kappa shape index (κ3) is 58.2. The van der Waals surface area contributed by atoms with Gasteiger partial charge in [-0.1, -0.05) is 0 Å². The second-order valence-corrected chi connectivity index (χ2v) is 2.84. The Morgan fingerprint density at radius 1 is 0.800 bits per heavy atom. The molecule has 0 atom stereocenters. The average Bonchev–Trinajstić information content (AvgIpc) is 2.24. The molecule has 96 valence electrons. The Morgan fingerprint density at radius 3 is 1.00 bits per heavy atom. The van der Waals surface area contributed by atoms with Crippen molar-refractivity contribution in [1.29, 1.82) is 0 Å². The molecule has 0 aromatic rings. The Balaban J connectivity index is -0.000000146. The topological polar surface area (TPSA) is 203 Å². The third-order valence-electron chi connectivity index (χ3n) is 0.957. The molecule has 11 heteroatoms. The highest BCUT2D eigenvalue weighted by Crippen LogP contribution is 1.65. The molecular weight excluding hydrogens is 228 g/mol. The zero-order valence-electron chi connectivity index (χ0n) is 8.26. The molecule has 10 nitrogen and oxygen atoms in total. The van der Waals surface area contributed by atoms with Crippen molar-refractivity contribution in [2.24, 2.45) is 23.4 Å². The fourth-order valence-electron chi connectivity index (χ4n) is 0.604. The van der Waals surface area contributed by atoms with Crippen LogP contribution in [0, 0.1) is 0 Å². The van der Waals surface area contributed by atoms with Gasteiger partial charge in [0.2, 0.25) is 0 Å². The van der Waals surface area contributed by atoms with Crippen LogP contribution in [0.5, 0.6) is 0 Å². The minimum absolute atomic E-state index is 1.14. The first-order valence-corrected chi connectivity index (χ1v) is 5.18. The number of nitrogens with two attached hydrogens (primary N) is 4. The van der Waals surface area contributed by atoms with Gasteiger partial charge in [-0.2, -0.15) is 8.42 Å². The van der Waals surface area contributed by atoms with Crippen LogP contribution in [0.25, 0.3) is 0 Å². The first-order chi connectivity index (χ1) is 7.00. The highest BCUT2D eigenvalue weighted by atomic mass is 32.3. The van der Waals surface area contributed by atoms with Gasteiger partial charge in [-0.05, 0) is 0 Å². The summed E-state index contributed by atoms with van der Waals surface area (Å²) in [5, 5.41) is 6.44. The molecule has 0 saturated carbocycles. The first kappa shape index (κ1) is 20.1. The lowest BCUT2D eigenvalue weighted by Crippen LogP contribution is -2.39.